The second-order valence-electron chi connectivity index (χ2n) is 6.08. The molecule has 3 heterocycles. The first-order chi connectivity index (χ1) is 10.1. The first kappa shape index (κ1) is 14.7. The monoisotopic (exact) mass is 306 g/mol. The maximum Gasteiger partial charge on any atom is 0.133 e. The fourth-order valence-electron chi connectivity index (χ4n) is 3.01. The Morgan fingerprint density at radius 1 is 1.43 bits per heavy atom. The second kappa shape index (κ2) is 6.23. The topological polar surface area (TPSA) is 55.1 Å². The van der Waals surface area contributed by atoms with Crippen LogP contribution >= 0.6 is 11.5 Å². The molecular formula is C15H22N4OS. The molecule has 3 rings (SSSR count). The van der Waals surface area contributed by atoms with Crippen molar-refractivity contribution in [2.75, 3.05) is 6.54 Å². The van der Waals surface area contributed by atoms with E-state index in [0.29, 0.717) is 12.0 Å². The van der Waals surface area contributed by atoms with E-state index in [-0.39, 0.29) is 0 Å². The maximum atomic E-state index is 5.26. The molecule has 21 heavy (non-hydrogen) atoms. The van der Waals surface area contributed by atoms with E-state index in [1.807, 2.05) is 6.92 Å². The maximum absolute atomic E-state index is 5.26. The fraction of sp³-hybridized carbons (Fsp3) is 0.667. The quantitative estimate of drug-likeness (QED) is 0.862. The molecule has 0 amide bonds. The van der Waals surface area contributed by atoms with Crippen LogP contribution in [0.4, 0.5) is 0 Å². The zero-order valence-electron chi connectivity index (χ0n) is 12.9. The summed E-state index contributed by atoms with van der Waals surface area (Å²) in [6.45, 7) is 8.32. The number of aryl methyl sites for hydroxylation is 1. The highest BCUT2D eigenvalue weighted by atomic mass is 32.1. The van der Waals surface area contributed by atoms with Crippen molar-refractivity contribution in [3.8, 4) is 0 Å². The third-order valence-corrected chi connectivity index (χ3v) is 4.80. The highest BCUT2D eigenvalue weighted by Gasteiger charge is 2.28. The molecule has 0 saturated carbocycles. The van der Waals surface area contributed by atoms with Crippen LogP contribution in [0.15, 0.2) is 10.6 Å². The first-order valence-electron chi connectivity index (χ1n) is 7.63. The number of aromatic nitrogens is 3. The van der Waals surface area contributed by atoms with Crippen LogP contribution in [-0.2, 0) is 6.54 Å². The van der Waals surface area contributed by atoms with Gasteiger partial charge in [0.2, 0.25) is 0 Å². The zero-order valence-corrected chi connectivity index (χ0v) is 13.7. The molecule has 0 N–H and O–H groups in total. The van der Waals surface area contributed by atoms with Gasteiger partial charge in [0.1, 0.15) is 11.5 Å². The number of rotatable bonds is 4. The summed E-state index contributed by atoms with van der Waals surface area (Å²) in [5, 5.41) is 8.52. The molecule has 0 aromatic carbocycles. The predicted octanol–water partition coefficient (Wildman–Crippen LogP) is 3.69. The Hall–Kier alpha value is -1.27. The number of hydrogen-bond acceptors (Lipinski definition) is 6. The van der Waals surface area contributed by atoms with E-state index in [0.717, 1.165) is 36.7 Å². The summed E-state index contributed by atoms with van der Waals surface area (Å²) in [7, 11) is 0. The van der Waals surface area contributed by atoms with Gasteiger partial charge in [-0.05, 0) is 43.8 Å². The smallest absolute Gasteiger partial charge is 0.133 e. The van der Waals surface area contributed by atoms with Gasteiger partial charge in [0.25, 0.3) is 0 Å². The van der Waals surface area contributed by atoms with Crippen LogP contribution in [0.1, 0.15) is 67.1 Å². The van der Waals surface area contributed by atoms with Crippen molar-refractivity contribution in [3.05, 3.63) is 28.1 Å². The molecule has 5 nitrogen and oxygen atoms in total. The molecule has 1 fully saturated rings. The van der Waals surface area contributed by atoms with Crippen LogP contribution in [0.3, 0.4) is 0 Å². The molecule has 1 atom stereocenters. The van der Waals surface area contributed by atoms with Gasteiger partial charge in [-0.2, -0.15) is 0 Å². The van der Waals surface area contributed by atoms with Gasteiger partial charge in [0.15, 0.2) is 0 Å². The minimum absolute atomic E-state index is 0.360. The molecule has 1 aliphatic heterocycles. The minimum atomic E-state index is 0.360. The fourth-order valence-corrected chi connectivity index (χ4v) is 3.83. The molecule has 1 unspecified atom stereocenters. The van der Waals surface area contributed by atoms with E-state index in [4.69, 9.17) is 4.52 Å². The Morgan fingerprint density at radius 2 is 2.29 bits per heavy atom. The van der Waals surface area contributed by atoms with Gasteiger partial charge in [0.05, 0.1) is 16.6 Å². The first-order valence-corrected chi connectivity index (χ1v) is 8.41. The average Bonchev–Trinajstić information content (AvgIpc) is 3.08. The van der Waals surface area contributed by atoms with E-state index in [9.17, 15) is 0 Å². The molecule has 6 heteroatoms. The summed E-state index contributed by atoms with van der Waals surface area (Å²) < 4.78 is 9.41. The molecule has 1 saturated heterocycles. The minimum Gasteiger partial charge on any atom is -0.361 e. The van der Waals surface area contributed by atoms with Crippen LogP contribution in [0, 0.1) is 6.92 Å². The van der Waals surface area contributed by atoms with Crippen LogP contribution in [0.5, 0.6) is 0 Å². The van der Waals surface area contributed by atoms with Crippen molar-refractivity contribution in [2.45, 2.75) is 58.5 Å². The molecule has 0 radical (unpaired) electrons. The van der Waals surface area contributed by atoms with Crippen LogP contribution in [0.25, 0.3) is 0 Å². The lowest BCUT2D eigenvalue weighted by Gasteiger charge is -2.34. The Labute approximate surface area is 129 Å². The predicted molar refractivity (Wildman–Crippen MR) is 82.2 cm³/mol. The van der Waals surface area contributed by atoms with Gasteiger partial charge in [-0.25, -0.2) is 0 Å². The van der Waals surface area contributed by atoms with Crippen LogP contribution in [-0.4, -0.2) is 26.2 Å². The van der Waals surface area contributed by atoms with Crippen molar-refractivity contribution in [1.29, 1.82) is 0 Å². The summed E-state index contributed by atoms with van der Waals surface area (Å²) in [5.41, 5.74) is 2.21. The van der Waals surface area contributed by atoms with Crippen LogP contribution in [0.2, 0.25) is 0 Å². The van der Waals surface area contributed by atoms with E-state index in [1.54, 1.807) is 0 Å². The second-order valence-corrected chi connectivity index (χ2v) is 6.92. The summed E-state index contributed by atoms with van der Waals surface area (Å²) in [6.07, 6.45) is 3.65. The SMILES string of the molecule is Cc1cc(C2CCCCN2Cc2snnc2C(C)C)no1. The van der Waals surface area contributed by atoms with Crippen molar-refractivity contribution < 1.29 is 4.52 Å². The van der Waals surface area contributed by atoms with Gasteiger partial charge < -0.3 is 4.52 Å². The molecule has 0 aliphatic carbocycles. The third kappa shape index (κ3) is 3.16. The number of piperidine rings is 1. The van der Waals surface area contributed by atoms with Gasteiger partial charge in [-0.1, -0.05) is 29.9 Å². The number of likely N-dealkylation sites (tertiary alicyclic amines) is 1. The number of hydrogen-bond donors (Lipinski definition) is 0. The molecule has 2 aromatic heterocycles. The summed E-state index contributed by atoms with van der Waals surface area (Å²) >= 11 is 1.53. The van der Waals surface area contributed by atoms with E-state index < -0.39 is 0 Å². The van der Waals surface area contributed by atoms with Crippen LogP contribution < -0.4 is 0 Å². The molecule has 1 aliphatic rings. The lowest BCUT2D eigenvalue weighted by Crippen LogP contribution is -2.33. The highest BCUT2D eigenvalue weighted by molar-refractivity contribution is 7.05. The largest absolute Gasteiger partial charge is 0.361 e. The molecule has 2 aromatic rings. The molecule has 0 spiro atoms. The summed E-state index contributed by atoms with van der Waals surface area (Å²) in [5.74, 6) is 1.31. The van der Waals surface area contributed by atoms with Gasteiger partial charge in [-0.15, -0.1) is 5.10 Å². The van der Waals surface area contributed by atoms with E-state index in [2.05, 4.69) is 39.6 Å². The van der Waals surface area contributed by atoms with E-state index in [1.165, 1.54) is 29.3 Å². The van der Waals surface area contributed by atoms with Crippen molar-refractivity contribution in [1.82, 2.24) is 19.6 Å². The Morgan fingerprint density at radius 3 is 3.00 bits per heavy atom. The Kier molecular flexibility index (Phi) is 4.35. The Bertz CT molecular complexity index is 592. The lowest BCUT2D eigenvalue weighted by atomic mass is 9.98. The highest BCUT2D eigenvalue weighted by Crippen LogP contribution is 2.33. The third-order valence-electron chi connectivity index (χ3n) is 4.08. The Balaban J connectivity index is 1.80. The standard InChI is InChI=1S/C15H22N4OS/c1-10(2)15-14(21-18-16-15)9-19-7-5-4-6-13(19)12-8-11(3)20-17-12/h8,10,13H,4-7,9H2,1-3H3. The van der Waals surface area contributed by atoms with Gasteiger partial charge >= 0.3 is 0 Å². The molecule has 114 valence electrons. The number of nitrogens with zero attached hydrogens (tertiary/aromatic N) is 4. The molecular weight excluding hydrogens is 284 g/mol. The van der Waals surface area contributed by atoms with E-state index >= 15 is 0 Å². The zero-order chi connectivity index (χ0) is 14.8. The molecule has 0 bridgehead atoms. The summed E-state index contributed by atoms with van der Waals surface area (Å²) in [4.78, 5) is 3.79. The van der Waals surface area contributed by atoms with Crippen molar-refractivity contribution in [3.63, 3.8) is 0 Å². The van der Waals surface area contributed by atoms with Gasteiger partial charge in [-0.3, -0.25) is 4.90 Å². The average molecular weight is 306 g/mol. The van der Waals surface area contributed by atoms with Crippen molar-refractivity contribution >= 4 is 11.5 Å². The lowest BCUT2D eigenvalue weighted by molar-refractivity contribution is 0.134. The normalized spacial score (nSPS) is 20.3. The van der Waals surface area contributed by atoms with Crippen molar-refractivity contribution in [2.24, 2.45) is 0 Å². The van der Waals surface area contributed by atoms with Gasteiger partial charge in [0, 0.05) is 12.6 Å². The summed E-state index contributed by atoms with van der Waals surface area (Å²) in [6, 6.07) is 2.43.